The summed E-state index contributed by atoms with van der Waals surface area (Å²) in [6, 6.07) is 5.50. The quantitative estimate of drug-likeness (QED) is 0.841. The van der Waals surface area contributed by atoms with E-state index in [1.165, 1.54) is 18.0 Å². The van der Waals surface area contributed by atoms with Crippen LogP contribution in [0, 0.1) is 25.2 Å². The minimum atomic E-state index is -0.260. The molecular formula is C14H14N4O2S. The Labute approximate surface area is 126 Å². The zero-order chi connectivity index (χ0) is 15.4. The lowest BCUT2D eigenvalue weighted by Gasteiger charge is -2.02. The molecule has 7 heteroatoms. The standard InChI is InChI=1S/C14H14N4O2S/c1-8-9(2)20-14(11(8)5-15)18-12(19)7-21-13-4-3-10(16)6-17-13/h3-4,6H,7,16H2,1-2H3,(H,18,19). The molecule has 0 radical (unpaired) electrons. The molecule has 21 heavy (non-hydrogen) atoms. The van der Waals surface area contributed by atoms with Crippen LogP contribution in [-0.2, 0) is 4.79 Å². The van der Waals surface area contributed by atoms with Gasteiger partial charge in [0.25, 0.3) is 0 Å². The van der Waals surface area contributed by atoms with Gasteiger partial charge in [0.05, 0.1) is 22.7 Å². The van der Waals surface area contributed by atoms with Gasteiger partial charge in [-0.2, -0.15) is 5.26 Å². The zero-order valence-corrected chi connectivity index (χ0v) is 12.5. The molecule has 0 aliphatic heterocycles. The molecule has 0 aliphatic carbocycles. The lowest BCUT2D eigenvalue weighted by molar-refractivity contribution is -0.113. The maximum absolute atomic E-state index is 11.9. The van der Waals surface area contributed by atoms with E-state index in [4.69, 9.17) is 15.4 Å². The van der Waals surface area contributed by atoms with Crippen LogP contribution >= 0.6 is 11.8 Å². The highest BCUT2D eigenvalue weighted by Crippen LogP contribution is 2.25. The van der Waals surface area contributed by atoms with Crippen LogP contribution in [0.5, 0.6) is 0 Å². The molecule has 1 amide bonds. The van der Waals surface area contributed by atoms with E-state index in [2.05, 4.69) is 10.3 Å². The molecule has 0 atom stereocenters. The molecule has 2 aromatic rings. The first-order valence-corrected chi connectivity index (χ1v) is 7.14. The van der Waals surface area contributed by atoms with Crippen LogP contribution in [0.1, 0.15) is 16.9 Å². The van der Waals surface area contributed by atoms with Crippen molar-refractivity contribution in [2.75, 3.05) is 16.8 Å². The molecule has 108 valence electrons. The molecule has 6 nitrogen and oxygen atoms in total. The Morgan fingerprint density at radius 3 is 2.90 bits per heavy atom. The van der Waals surface area contributed by atoms with E-state index >= 15 is 0 Å². The van der Waals surface area contributed by atoms with Gasteiger partial charge in [0, 0.05) is 5.56 Å². The van der Waals surface area contributed by atoms with E-state index in [0.29, 0.717) is 22.0 Å². The number of hydrogen-bond donors (Lipinski definition) is 2. The lowest BCUT2D eigenvalue weighted by Crippen LogP contribution is -2.14. The van der Waals surface area contributed by atoms with E-state index < -0.39 is 0 Å². The van der Waals surface area contributed by atoms with Crippen molar-refractivity contribution in [2.24, 2.45) is 0 Å². The van der Waals surface area contributed by atoms with Crippen LogP contribution in [0.4, 0.5) is 11.6 Å². The van der Waals surface area contributed by atoms with Gasteiger partial charge in [-0.15, -0.1) is 0 Å². The van der Waals surface area contributed by atoms with Gasteiger partial charge in [0.2, 0.25) is 11.8 Å². The van der Waals surface area contributed by atoms with E-state index in [1.807, 2.05) is 6.07 Å². The number of carbonyl (C=O) groups excluding carboxylic acids is 1. The number of pyridine rings is 1. The fourth-order valence-electron chi connectivity index (χ4n) is 1.63. The number of hydrogen-bond acceptors (Lipinski definition) is 6. The summed E-state index contributed by atoms with van der Waals surface area (Å²) in [6.07, 6.45) is 1.53. The van der Waals surface area contributed by atoms with Crippen molar-refractivity contribution < 1.29 is 9.21 Å². The summed E-state index contributed by atoms with van der Waals surface area (Å²) in [6.45, 7) is 3.53. The Bertz CT molecular complexity index is 701. The maximum Gasteiger partial charge on any atom is 0.237 e. The van der Waals surface area contributed by atoms with Crippen LogP contribution in [-0.4, -0.2) is 16.6 Å². The van der Waals surface area contributed by atoms with Gasteiger partial charge >= 0.3 is 0 Å². The number of aromatic nitrogens is 1. The fraction of sp³-hybridized carbons (Fsp3) is 0.214. The summed E-state index contributed by atoms with van der Waals surface area (Å²) in [5.74, 6) is 0.725. The normalized spacial score (nSPS) is 10.1. The Hall–Kier alpha value is -2.46. The van der Waals surface area contributed by atoms with Crippen molar-refractivity contribution in [2.45, 2.75) is 18.9 Å². The first-order chi connectivity index (χ1) is 10.0. The molecule has 0 unspecified atom stereocenters. The summed E-state index contributed by atoms with van der Waals surface area (Å²) >= 11 is 1.28. The van der Waals surface area contributed by atoms with Crippen LogP contribution in [0.2, 0.25) is 0 Å². The molecule has 0 saturated heterocycles. The van der Waals surface area contributed by atoms with Crippen LogP contribution < -0.4 is 11.1 Å². The summed E-state index contributed by atoms with van der Waals surface area (Å²) < 4.78 is 5.38. The number of aryl methyl sites for hydroxylation is 1. The summed E-state index contributed by atoms with van der Waals surface area (Å²) in [5, 5.41) is 12.4. The van der Waals surface area contributed by atoms with E-state index in [9.17, 15) is 4.79 Å². The largest absolute Gasteiger partial charge is 0.444 e. The number of amides is 1. The van der Waals surface area contributed by atoms with Crippen molar-refractivity contribution in [1.29, 1.82) is 5.26 Å². The summed E-state index contributed by atoms with van der Waals surface area (Å²) in [7, 11) is 0. The smallest absolute Gasteiger partial charge is 0.237 e. The third kappa shape index (κ3) is 3.55. The molecule has 3 N–H and O–H groups in total. The van der Waals surface area contributed by atoms with Gasteiger partial charge in [-0.3, -0.25) is 10.1 Å². The molecule has 0 aromatic carbocycles. The molecular weight excluding hydrogens is 288 g/mol. The maximum atomic E-state index is 11.9. The molecule has 2 rings (SSSR count). The zero-order valence-electron chi connectivity index (χ0n) is 11.6. The highest BCUT2D eigenvalue weighted by atomic mass is 32.2. The fourth-order valence-corrected chi connectivity index (χ4v) is 2.27. The highest BCUT2D eigenvalue weighted by molar-refractivity contribution is 7.99. The number of nitrogens with zero attached hydrogens (tertiary/aromatic N) is 2. The Balaban J connectivity index is 1.98. The van der Waals surface area contributed by atoms with Crippen molar-refractivity contribution >= 4 is 29.2 Å². The average molecular weight is 302 g/mol. The second-order valence-corrected chi connectivity index (χ2v) is 5.36. The minimum Gasteiger partial charge on any atom is -0.444 e. The molecule has 2 heterocycles. The number of furan rings is 1. The average Bonchev–Trinajstić information content (AvgIpc) is 2.72. The number of nitrogens with two attached hydrogens (primary N) is 1. The van der Waals surface area contributed by atoms with Gasteiger partial charge in [0.1, 0.15) is 17.4 Å². The predicted molar refractivity (Wildman–Crippen MR) is 80.9 cm³/mol. The van der Waals surface area contributed by atoms with Crippen molar-refractivity contribution in [3.63, 3.8) is 0 Å². The Morgan fingerprint density at radius 2 is 2.29 bits per heavy atom. The first-order valence-electron chi connectivity index (χ1n) is 6.15. The third-order valence-electron chi connectivity index (χ3n) is 2.86. The number of carbonyl (C=O) groups is 1. The Kier molecular flexibility index (Phi) is 4.50. The third-order valence-corrected chi connectivity index (χ3v) is 3.80. The second kappa shape index (κ2) is 6.33. The number of nitriles is 1. The van der Waals surface area contributed by atoms with Gasteiger partial charge in [0.15, 0.2) is 0 Å². The van der Waals surface area contributed by atoms with Gasteiger partial charge in [-0.25, -0.2) is 4.98 Å². The monoisotopic (exact) mass is 302 g/mol. The van der Waals surface area contributed by atoms with Gasteiger partial charge < -0.3 is 10.2 Å². The molecule has 0 saturated carbocycles. The van der Waals surface area contributed by atoms with Crippen LogP contribution in [0.3, 0.4) is 0 Å². The predicted octanol–water partition coefficient (Wildman–Crippen LogP) is 2.48. The molecule has 0 bridgehead atoms. The van der Waals surface area contributed by atoms with Gasteiger partial charge in [-0.05, 0) is 26.0 Å². The summed E-state index contributed by atoms with van der Waals surface area (Å²) in [4.78, 5) is 16.0. The summed E-state index contributed by atoms with van der Waals surface area (Å²) in [5.41, 5.74) is 7.21. The van der Waals surface area contributed by atoms with E-state index in [-0.39, 0.29) is 17.5 Å². The van der Waals surface area contributed by atoms with E-state index in [0.717, 1.165) is 5.56 Å². The Morgan fingerprint density at radius 1 is 1.52 bits per heavy atom. The lowest BCUT2D eigenvalue weighted by atomic mass is 10.2. The first kappa shape index (κ1) is 14.9. The molecule has 0 aliphatic rings. The number of nitrogens with one attached hydrogen (secondary N) is 1. The molecule has 2 aromatic heterocycles. The van der Waals surface area contributed by atoms with E-state index in [1.54, 1.807) is 26.0 Å². The number of anilines is 2. The number of rotatable bonds is 4. The number of thioether (sulfide) groups is 1. The van der Waals surface area contributed by atoms with Crippen LogP contribution in [0.15, 0.2) is 27.8 Å². The van der Waals surface area contributed by atoms with Crippen molar-refractivity contribution in [3.8, 4) is 6.07 Å². The number of nitrogen functional groups attached to an aromatic ring is 1. The van der Waals surface area contributed by atoms with Crippen molar-refractivity contribution in [1.82, 2.24) is 4.98 Å². The molecule has 0 spiro atoms. The SMILES string of the molecule is Cc1oc(NC(=O)CSc2ccc(N)cn2)c(C#N)c1C. The topological polar surface area (TPSA) is 105 Å². The highest BCUT2D eigenvalue weighted by Gasteiger charge is 2.16. The molecule has 0 fully saturated rings. The van der Waals surface area contributed by atoms with Crippen molar-refractivity contribution in [3.05, 3.63) is 35.2 Å². The minimum absolute atomic E-state index is 0.167. The second-order valence-electron chi connectivity index (χ2n) is 4.37. The van der Waals surface area contributed by atoms with Gasteiger partial charge in [-0.1, -0.05) is 11.8 Å². The van der Waals surface area contributed by atoms with Crippen LogP contribution in [0.25, 0.3) is 0 Å².